The van der Waals surface area contributed by atoms with Crippen LogP contribution in [0.2, 0.25) is 5.02 Å². The Morgan fingerprint density at radius 2 is 2.15 bits per heavy atom. The predicted octanol–water partition coefficient (Wildman–Crippen LogP) is 4.74. The van der Waals surface area contributed by atoms with Gasteiger partial charge in [0.05, 0.1) is 6.10 Å². The summed E-state index contributed by atoms with van der Waals surface area (Å²) in [5.74, 6) is 2.20. The molecule has 3 atom stereocenters. The maximum atomic E-state index is 10.5. The maximum Gasteiger partial charge on any atom is 0.126 e. The fourth-order valence-corrected chi connectivity index (χ4v) is 4.01. The molecule has 2 aliphatic rings. The SMILES string of the molecule is CC(C)C1CCCC2(CC(O)c3cc(Cl)ccc3O2)C1. The van der Waals surface area contributed by atoms with E-state index in [1.165, 1.54) is 12.8 Å². The van der Waals surface area contributed by atoms with Crippen LogP contribution in [0.15, 0.2) is 18.2 Å². The lowest BCUT2D eigenvalue weighted by Gasteiger charge is -2.46. The van der Waals surface area contributed by atoms with E-state index in [0.717, 1.165) is 24.2 Å². The Morgan fingerprint density at radius 1 is 1.35 bits per heavy atom. The van der Waals surface area contributed by atoms with Crippen molar-refractivity contribution in [2.24, 2.45) is 11.8 Å². The molecule has 20 heavy (non-hydrogen) atoms. The molecular weight excluding hydrogens is 272 g/mol. The normalized spacial score (nSPS) is 33.0. The Morgan fingerprint density at radius 3 is 2.90 bits per heavy atom. The van der Waals surface area contributed by atoms with Crippen molar-refractivity contribution in [1.29, 1.82) is 0 Å². The van der Waals surface area contributed by atoms with E-state index in [0.29, 0.717) is 23.3 Å². The number of fused-ring (bicyclic) bond motifs is 1. The average Bonchev–Trinajstić information content (AvgIpc) is 2.40. The van der Waals surface area contributed by atoms with E-state index in [9.17, 15) is 5.11 Å². The first-order chi connectivity index (χ1) is 9.49. The number of hydrogen-bond acceptors (Lipinski definition) is 2. The lowest BCUT2D eigenvalue weighted by Crippen LogP contribution is -2.45. The summed E-state index contributed by atoms with van der Waals surface area (Å²) >= 11 is 6.02. The second-order valence-electron chi connectivity index (χ2n) is 6.79. The van der Waals surface area contributed by atoms with Gasteiger partial charge >= 0.3 is 0 Å². The topological polar surface area (TPSA) is 29.5 Å². The number of aliphatic hydroxyl groups is 1. The van der Waals surface area contributed by atoms with Crippen LogP contribution in [-0.2, 0) is 0 Å². The molecular formula is C17H23ClO2. The highest BCUT2D eigenvalue weighted by atomic mass is 35.5. The zero-order valence-corrected chi connectivity index (χ0v) is 13.0. The van der Waals surface area contributed by atoms with Crippen LogP contribution in [0.5, 0.6) is 5.75 Å². The van der Waals surface area contributed by atoms with Crippen LogP contribution in [0, 0.1) is 11.8 Å². The van der Waals surface area contributed by atoms with Gasteiger partial charge in [-0.2, -0.15) is 0 Å². The second-order valence-corrected chi connectivity index (χ2v) is 7.22. The monoisotopic (exact) mass is 294 g/mol. The Kier molecular flexibility index (Phi) is 3.72. The highest BCUT2D eigenvalue weighted by Gasteiger charge is 2.44. The van der Waals surface area contributed by atoms with E-state index in [4.69, 9.17) is 16.3 Å². The number of halogens is 1. The molecule has 1 spiro atoms. The Hall–Kier alpha value is -0.730. The Balaban J connectivity index is 1.88. The minimum atomic E-state index is -0.455. The summed E-state index contributed by atoms with van der Waals surface area (Å²) < 4.78 is 6.35. The van der Waals surface area contributed by atoms with Crippen molar-refractivity contribution in [3.05, 3.63) is 28.8 Å². The minimum absolute atomic E-state index is 0.173. The number of ether oxygens (including phenoxy) is 1. The summed E-state index contributed by atoms with van der Waals surface area (Å²) in [4.78, 5) is 0. The Labute approximate surface area is 126 Å². The number of benzene rings is 1. The molecule has 3 rings (SSSR count). The lowest BCUT2D eigenvalue weighted by atomic mass is 9.70. The second kappa shape index (κ2) is 5.23. The van der Waals surface area contributed by atoms with Gasteiger partial charge in [-0.05, 0) is 55.7 Å². The molecule has 1 aromatic rings. The summed E-state index contributed by atoms with van der Waals surface area (Å²) in [6.45, 7) is 4.58. The minimum Gasteiger partial charge on any atom is -0.487 e. The molecule has 0 aromatic heterocycles. The quantitative estimate of drug-likeness (QED) is 0.810. The summed E-state index contributed by atoms with van der Waals surface area (Å²) in [5, 5.41) is 11.1. The highest BCUT2D eigenvalue weighted by molar-refractivity contribution is 6.30. The first kappa shape index (κ1) is 14.2. The molecule has 1 aliphatic heterocycles. The largest absolute Gasteiger partial charge is 0.487 e. The maximum absolute atomic E-state index is 10.5. The number of aliphatic hydroxyl groups excluding tert-OH is 1. The van der Waals surface area contributed by atoms with Crippen LogP contribution in [0.4, 0.5) is 0 Å². The van der Waals surface area contributed by atoms with Gasteiger partial charge in [-0.3, -0.25) is 0 Å². The van der Waals surface area contributed by atoms with Crippen molar-refractivity contribution in [3.8, 4) is 5.75 Å². The van der Waals surface area contributed by atoms with Gasteiger partial charge in [0.15, 0.2) is 0 Å². The lowest BCUT2D eigenvalue weighted by molar-refractivity contribution is -0.0572. The molecule has 1 heterocycles. The van der Waals surface area contributed by atoms with E-state index in [2.05, 4.69) is 13.8 Å². The van der Waals surface area contributed by atoms with Gasteiger partial charge in [-0.1, -0.05) is 25.4 Å². The van der Waals surface area contributed by atoms with E-state index in [1.807, 2.05) is 18.2 Å². The molecule has 1 saturated carbocycles. The van der Waals surface area contributed by atoms with Crippen molar-refractivity contribution in [3.63, 3.8) is 0 Å². The molecule has 2 nitrogen and oxygen atoms in total. The summed E-state index contributed by atoms with van der Waals surface area (Å²) in [6, 6.07) is 5.58. The molecule has 0 radical (unpaired) electrons. The van der Waals surface area contributed by atoms with E-state index >= 15 is 0 Å². The van der Waals surface area contributed by atoms with Gasteiger partial charge in [-0.25, -0.2) is 0 Å². The molecule has 3 unspecified atom stereocenters. The van der Waals surface area contributed by atoms with Gasteiger partial charge in [0, 0.05) is 17.0 Å². The van der Waals surface area contributed by atoms with Crippen LogP contribution in [0.1, 0.15) is 57.6 Å². The van der Waals surface area contributed by atoms with Crippen LogP contribution in [-0.4, -0.2) is 10.7 Å². The molecule has 0 saturated heterocycles. The number of rotatable bonds is 1. The van der Waals surface area contributed by atoms with Gasteiger partial charge in [0.1, 0.15) is 11.4 Å². The van der Waals surface area contributed by atoms with Crippen molar-refractivity contribution >= 4 is 11.6 Å². The van der Waals surface area contributed by atoms with Crippen molar-refractivity contribution in [2.75, 3.05) is 0 Å². The van der Waals surface area contributed by atoms with Gasteiger partial charge < -0.3 is 9.84 Å². The standard InChI is InChI=1S/C17H23ClO2/c1-11(2)12-4-3-7-17(9-12)10-15(19)14-8-13(18)5-6-16(14)20-17/h5-6,8,11-12,15,19H,3-4,7,9-10H2,1-2H3. The van der Waals surface area contributed by atoms with Crippen molar-refractivity contribution in [1.82, 2.24) is 0 Å². The average molecular weight is 295 g/mol. The van der Waals surface area contributed by atoms with Crippen LogP contribution in [0.3, 0.4) is 0 Å². The van der Waals surface area contributed by atoms with Crippen LogP contribution >= 0.6 is 11.6 Å². The molecule has 1 aromatic carbocycles. The van der Waals surface area contributed by atoms with Crippen LogP contribution < -0.4 is 4.74 Å². The molecule has 3 heteroatoms. The zero-order valence-electron chi connectivity index (χ0n) is 12.2. The smallest absolute Gasteiger partial charge is 0.126 e. The summed E-state index contributed by atoms with van der Waals surface area (Å²) in [5.41, 5.74) is 0.669. The van der Waals surface area contributed by atoms with Crippen molar-refractivity contribution < 1.29 is 9.84 Å². The van der Waals surface area contributed by atoms with E-state index in [1.54, 1.807) is 0 Å². The summed E-state index contributed by atoms with van der Waals surface area (Å²) in [6.07, 6.45) is 4.83. The first-order valence-electron chi connectivity index (χ1n) is 7.66. The molecule has 1 N–H and O–H groups in total. The molecule has 110 valence electrons. The Bertz CT molecular complexity index is 500. The fraction of sp³-hybridized carbons (Fsp3) is 0.647. The zero-order chi connectivity index (χ0) is 14.3. The fourth-order valence-electron chi connectivity index (χ4n) is 3.83. The third kappa shape index (κ3) is 2.56. The number of hydrogen-bond donors (Lipinski definition) is 1. The highest BCUT2D eigenvalue weighted by Crippen LogP contribution is 2.49. The van der Waals surface area contributed by atoms with Crippen LogP contribution in [0.25, 0.3) is 0 Å². The third-order valence-corrected chi connectivity index (χ3v) is 5.24. The third-order valence-electron chi connectivity index (χ3n) is 5.01. The predicted molar refractivity (Wildman–Crippen MR) is 81.2 cm³/mol. The van der Waals surface area contributed by atoms with E-state index in [-0.39, 0.29) is 5.60 Å². The van der Waals surface area contributed by atoms with Gasteiger partial charge in [0.25, 0.3) is 0 Å². The van der Waals surface area contributed by atoms with Crippen molar-refractivity contribution in [2.45, 2.75) is 57.7 Å². The molecule has 1 aliphatic carbocycles. The van der Waals surface area contributed by atoms with E-state index < -0.39 is 6.10 Å². The molecule has 0 amide bonds. The van der Waals surface area contributed by atoms with Gasteiger partial charge in [0.2, 0.25) is 0 Å². The molecule has 1 fully saturated rings. The first-order valence-corrected chi connectivity index (χ1v) is 8.03. The molecule has 0 bridgehead atoms. The van der Waals surface area contributed by atoms with Gasteiger partial charge in [-0.15, -0.1) is 0 Å². The summed E-state index contributed by atoms with van der Waals surface area (Å²) in [7, 11) is 0.